The molecule has 1 aromatic rings. The van der Waals surface area contributed by atoms with E-state index in [0.717, 1.165) is 0 Å². The van der Waals surface area contributed by atoms with E-state index in [9.17, 15) is 4.79 Å². The molecule has 2 N–H and O–H groups in total. The van der Waals surface area contributed by atoms with E-state index in [-0.39, 0.29) is 18.2 Å². The highest BCUT2D eigenvalue weighted by molar-refractivity contribution is 6.17. The van der Waals surface area contributed by atoms with Crippen LogP contribution in [0.25, 0.3) is 0 Å². The fourth-order valence-electron chi connectivity index (χ4n) is 0.586. The molecule has 0 aliphatic rings. The molecule has 0 bridgehead atoms. The van der Waals surface area contributed by atoms with Gasteiger partial charge in [-0.05, 0) is 0 Å². The third-order valence-corrected chi connectivity index (χ3v) is 1.18. The first-order chi connectivity index (χ1) is 5.75. The Hall–Kier alpha value is -1.30. The summed E-state index contributed by atoms with van der Waals surface area (Å²) in [7, 11) is 0. The monoisotopic (exact) mass is 191 g/mol. The predicted molar refractivity (Wildman–Crippen MR) is 40.5 cm³/mol. The molecule has 1 heterocycles. The zero-order chi connectivity index (χ0) is 8.97. The zero-order valence-corrected chi connectivity index (χ0v) is 6.71. The Morgan fingerprint density at radius 2 is 2.42 bits per heavy atom. The summed E-state index contributed by atoms with van der Waals surface area (Å²) in [4.78, 5) is 10.9. The van der Waals surface area contributed by atoms with E-state index in [1.54, 1.807) is 0 Å². The lowest BCUT2D eigenvalue weighted by molar-refractivity contribution is 0.304. The number of nitrogens with one attached hydrogen (secondary N) is 1. The molecule has 0 radical (unpaired) electrons. The van der Waals surface area contributed by atoms with Crippen LogP contribution in [0.15, 0.2) is 4.79 Å². The maximum atomic E-state index is 10.9. The van der Waals surface area contributed by atoms with Crippen molar-refractivity contribution in [3.05, 3.63) is 10.4 Å². The van der Waals surface area contributed by atoms with Crippen molar-refractivity contribution >= 4 is 11.6 Å². The number of aromatic hydroxyl groups is 1. The van der Waals surface area contributed by atoms with Gasteiger partial charge in [-0.1, -0.05) is 10.3 Å². The Labute approximate surface area is 72.1 Å². The summed E-state index contributed by atoms with van der Waals surface area (Å²) in [5.74, 6) is -0.573. The van der Waals surface area contributed by atoms with Gasteiger partial charge in [0.1, 0.15) is 6.61 Å². The number of hydrogen-bond donors (Lipinski definition) is 2. The Balaban J connectivity index is 2.89. The molecule has 66 valence electrons. The highest BCUT2D eigenvalue weighted by Gasteiger charge is 2.08. The first-order valence-electron chi connectivity index (χ1n) is 3.09. The van der Waals surface area contributed by atoms with E-state index in [0.29, 0.717) is 0 Å². The summed E-state index contributed by atoms with van der Waals surface area (Å²) < 4.78 is 4.79. The third-order valence-electron chi connectivity index (χ3n) is 1.03. The van der Waals surface area contributed by atoms with Crippen LogP contribution in [0.4, 0.5) is 0 Å². The Morgan fingerprint density at radius 1 is 1.67 bits per heavy atom. The number of rotatable bonds is 3. The van der Waals surface area contributed by atoms with Crippen LogP contribution in [0.5, 0.6) is 11.6 Å². The van der Waals surface area contributed by atoms with Crippen LogP contribution in [0, 0.1) is 0 Å². The molecule has 0 aliphatic heterocycles. The SMILES string of the molecule is O=c1[nH]nnc(O)c1OCCCl. The molecule has 1 rings (SSSR count). The average Bonchev–Trinajstić information content (AvgIpc) is 2.04. The molecule has 0 aromatic carbocycles. The fourth-order valence-corrected chi connectivity index (χ4v) is 0.663. The highest BCUT2D eigenvalue weighted by atomic mass is 35.5. The molecule has 0 spiro atoms. The van der Waals surface area contributed by atoms with E-state index in [4.69, 9.17) is 21.4 Å². The number of aromatic nitrogens is 3. The van der Waals surface area contributed by atoms with Gasteiger partial charge in [-0.25, -0.2) is 5.10 Å². The first kappa shape index (κ1) is 8.79. The summed E-state index contributed by atoms with van der Waals surface area (Å²) >= 11 is 5.30. The molecular weight excluding hydrogens is 186 g/mol. The number of aromatic amines is 1. The van der Waals surface area contributed by atoms with Crippen LogP contribution in [-0.4, -0.2) is 33.0 Å². The number of H-pyrrole nitrogens is 1. The number of hydrogen-bond acceptors (Lipinski definition) is 5. The van der Waals surface area contributed by atoms with Crippen molar-refractivity contribution in [2.45, 2.75) is 0 Å². The van der Waals surface area contributed by atoms with Gasteiger partial charge in [-0.15, -0.1) is 11.6 Å². The lowest BCUT2D eigenvalue weighted by Gasteiger charge is -2.01. The van der Waals surface area contributed by atoms with Crippen molar-refractivity contribution in [3.8, 4) is 11.6 Å². The Bertz CT molecular complexity index is 313. The summed E-state index contributed by atoms with van der Waals surface area (Å²) in [5.41, 5.74) is -0.632. The van der Waals surface area contributed by atoms with Crippen molar-refractivity contribution in [1.82, 2.24) is 15.4 Å². The second-order valence-electron chi connectivity index (χ2n) is 1.83. The fraction of sp³-hybridized carbons (Fsp3) is 0.400. The van der Waals surface area contributed by atoms with Crippen LogP contribution in [-0.2, 0) is 0 Å². The van der Waals surface area contributed by atoms with Gasteiger partial charge in [-0.2, -0.15) is 0 Å². The van der Waals surface area contributed by atoms with Gasteiger partial charge in [-0.3, -0.25) is 4.79 Å². The summed E-state index contributed by atoms with van der Waals surface area (Å²) in [5, 5.41) is 17.2. The number of nitrogens with zero attached hydrogens (tertiary/aromatic N) is 2. The molecule has 1 aromatic heterocycles. The minimum atomic E-state index is -0.632. The first-order valence-corrected chi connectivity index (χ1v) is 3.62. The average molecular weight is 192 g/mol. The van der Waals surface area contributed by atoms with Gasteiger partial charge in [0.2, 0.25) is 0 Å². The van der Waals surface area contributed by atoms with Crippen LogP contribution in [0.3, 0.4) is 0 Å². The van der Waals surface area contributed by atoms with E-state index < -0.39 is 11.4 Å². The van der Waals surface area contributed by atoms with Gasteiger partial charge in [0, 0.05) is 0 Å². The van der Waals surface area contributed by atoms with Crippen LogP contribution >= 0.6 is 11.6 Å². The second-order valence-corrected chi connectivity index (χ2v) is 2.21. The number of ether oxygens (including phenoxy) is 1. The second kappa shape index (κ2) is 3.91. The van der Waals surface area contributed by atoms with E-state index >= 15 is 0 Å². The standard InChI is InChI=1S/C5H6ClN3O3/c6-1-2-12-3-4(10)7-9-8-5(3)11/h1-2H2,(H2,7,8,10,11). The lowest BCUT2D eigenvalue weighted by Crippen LogP contribution is -2.14. The topological polar surface area (TPSA) is 88.1 Å². The molecule has 6 nitrogen and oxygen atoms in total. The number of alkyl halides is 1. The van der Waals surface area contributed by atoms with Gasteiger partial charge in [0.25, 0.3) is 11.6 Å². The molecule has 7 heteroatoms. The van der Waals surface area contributed by atoms with Gasteiger partial charge < -0.3 is 9.84 Å². The molecule has 0 saturated carbocycles. The normalized spacial score (nSPS) is 9.75. The van der Waals surface area contributed by atoms with Gasteiger partial charge >= 0.3 is 5.56 Å². The van der Waals surface area contributed by atoms with Crippen LogP contribution < -0.4 is 10.3 Å². The molecule has 0 fully saturated rings. The van der Waals surface area contributed by atoms with Crippen LogP contribution in [0.2, 0.25) is 0 Å². The molecule has 0 aliphatic carbocycles. The summed E-state index contributed by atoms with van der Waals surface area (Å²) in [6.45, 7) is 0.129. The Kier molecular flexibility index (Phi) is 2.87. The molecule has 0 unspecified atom stereocenters. The maximum absolute atomic E-state index is 10.9. The molecule has 0 saturated heterocycles. The van der Waals surface area contributed by atoms with Gasteiger partial charge in [0.05, 0.1) is 5.88 Å². The largest absolute Gasteiger partial charge is 0.489 e. The van der Waals surface area contributed by atoms with E-state index in [2.05, 4.69) is 10.3 Å². The van der Waals surface area contributed by atoms with Crippen molar-refractivity contribution < 1.29 is 9.84 Å². The smallest absolute Gasteiger partial charge is 0.313 e. The van der Waals surface area contributed by atoms with E-state index in [1.165, 1.54) is 0 Å². The van der Waals surface area contributed by atoms with Crippen molar-refractivity contribution in [2.75, 3.05) is 12.5 Å². The minimum Gasteiger partial charge on any atom is -0.489 e. The highest BCUT2D eigenvalue weighted by Crippen LogP contribution is 2.13. The van der Waals surface area contributed by atoms with Crippen molar-refractivity contribution in [1.29, 1.82) is 0 Å². The van der Waals surface area contributed by atoms with Crippen molar-refractivity contribution in [3.63, 3.8) is 0 Å². The van der Waals surface area contributed by atoms with Crippen LogP contribution in [0.1, 0.15) is 0 Å². The summed E-state index contributed by atoms with van der Waals surface area (Å²) in [6.07, 6.45) is 0. The molecular formula is C5H6ClN3O3. The van der Waals surface area contributed by atoms with Crippen molar-refractivity contribution in [2.24, 2.45) is 0 Å². The zero-order valence-electron chi connectivity index (χ0n) is 5.95. The molecule has 0 amide bonds. The summed E-state index contributed by atoms with van der Waals surface area (Å²) in [6, 6.07) is 0. The maximum Gasteiger partial charge on any atom is 0.313 e. The lowest BCUT2D eigenvalue weighted by atomic mass is 10.6. The molecule has 0 atom stereocenters. The van der Waals surface area contributed by atoms with E-state index in [1.807, 2.05) is 5.10 Å². The Morgan fingerprint density at radius 3 is 3.00 bits per heavy atom. The third kappa shape index (κ3) is 1.85. The number of halogens is 1. The quantitative estimate of drug-likeness (QED) is 0.629. The van der Waals surface area contributed by atoms with Gasteiger partial charge in [0.15, 0.2) is 0 Å². The predicted octanol–water partition coefficient (Wildman–Crippen LogP) is -0.512. The minimum absolute atomic E-state index is 0.129. The molecule has 12 heavy (non-hydrogen) atoms.